The Morgan fingerprint density at radius 1 is 1.25 bits per heavy atom. The first-order valence-electron chi connectivity index (χ1n) is 7.54. The maximum Gasteiger partial charge on any atom is 0.273 e. The molecule has 2 aromatic rings. The van der Waals surface area contributed by atoms with Crippen molar-refractivity contribution >= 4 is 5.69 Å². The van der Waals surface area contributed by atoms with E-state index in [-0.39, 0.29) is 11.5 Å². The second-order valence-corrected chi connectivity index (χ2v) is 5.22. The van der Waals surface area contributed by atoms with E-state index in [0.29, 0.717) is 37.6 Å². The van der Waals surface area contributed by atoms with Crippen LogP contribution in [0.1, 0.15) is 5.56 Å². The molecule has 2 rings (SSSR count). The van der Waals surface area contributed by atoms with Gasteiger partial charge in [0.25, 0.3) is 5.69 Å². The van der Waals surface area contributed by atoms with E-state index in [9.17, 15) is 14.5 Å². The topological polar surface area (TPSA) is 55.6 Å². The monoisotopic (exact) mass is 330 g/mol. The largest absolute Gasteiger partial charge is 0.492 e. The molecule has 0 saturated carbocycles. The maximum absolute atomic E-state index is 13.7. The van der Waals surface area contributed by atoms with Crippen molar-refractivity contribution in [2.75, 3.05) is 19.7 Å². The first kappa shape index (κ1) is 17.6. The van der Waals surface area contributed by atoms with Crippen molar-refractivity contribution < 1.29 is 14.1 Å². The first-order valence-corrected chi connectivity index (χ1v) is 7.54. The SMILES string of the molecule is C=CCN(CCOc1cccc([N+](=O)[O-])c1)Cc1ccccc1F. The highest BCUT2D eigenvalue weighted by molar-refractivity contribution is 5.37. The van der Waals surface area contributed by atoms with Gasteiger partial charge in [0.15, 0.2) is 0 Å². The van der Waals surface area contributed by atoms with E-state index in [2.05, 4.69) is 6.58 Å². The smallest absolute Gasteiger partial charge is 0.273 e. The van der Waals surface area contributed by atoms with Crippen LogP contribution in [0.25, 0.3) is 0 Å². The molecule has 126 valence electrons. The Morgan fingerprint density at radius 3 is 2.75 bits per heavy atom. The van der Waals surface area contributed by atoms with E-state index in [1.54, 1.807) is 36.4 Å². The van der Waals surface area contributed by atoms with Gasteiger partial charge in [0.1, 0.15) is 18.2 Å². The Balaban J connectivity index is 1.92. The molecule has 0 radical (unpaired) electrons. The molecule has 0 heterocycles. The summed E-state index contributed by atoms with van der Waals surface area (Å²) >= 11 is 0. The van der Waals surface area contributed by atoms with Crippen molar-refractivity contribution in [1.82, 2.24) is 4.90 Å². The molecular formula is C18H19FN2O3. The summed E-state index contributed by atoms with van der Waals surface area (Å²) in [4.78, 5) is 12.3. The highest BCUT2D eigenvalue weighted by atomic mass is 19.1. The number of hydrogen-bond acceptors (Lipinski definition) is 4. The summed E-state index contributed by atoms with van der Waals surface area (Å²) in [5.41, 5.74) is 0.594. The minimum atomic E-state index is -0.463. The number of halogens is 1. The minimum Gasteiger partial charge on any atom is -0.492 e. The summed E-state index contributed by atoms with van der Waals surface area (Å²) in [5, 5.41) is 10.8. The van der Waals surface area contributed by atoms with Crippen LogP contribution in [0.5, 0.6) is 5.75 Å². The van der Waals surface area contributed by atoms with Gasteiger partial charge in [-0.2, -0.15) is 0 Å². The molecule has 0 atom stereocenters. The third-order valence-electron chi connectivity index (χ3n) is 3.44. The van der Waals surface area contributed by atoms with Crippen molar-refractivity contribution in [3.8, 4) is 5.75 Å². The predicted molar refractivity (Wildman–Crippen MR) is 90.5 cm³/mol. The molecule has 0 bridgehead atoms. The summed E-state index contributed by atoms with van der Waals surface area (Å²) < 4.78 is 19.3. The lowest BCUT2D eigenvalue weighted by molar-refractivity contribution is -0.384. The van der Waals surface area contributed by atoms with Crippen molar-refractivity contribution in [3.63, 3.8) is 0 Å². The van der Waals surface area contributed by atoms with E-state index >= 15 is 0 Å². The number of nitro benzene ring substituents is 1. The molecule has 0 aliphatic rings. The maximum atomic E-state index is 13.7. The van der Waals surface area contributed by atoms with Crippen LogP contribution in [-0.4, -0.2) is 29.5 Å². The lowest BCUT2D eigenvalue weighted by atomic mass is 10.2. The Bertz CT molecular complexity index is 706. The zero-order chi connectivity index (χ0) is 17.4. The van der Waals surface area contributed by atoms with E-state index in [4.69, 9.17) is 4.74 Å². The Morgan fingerprint density at radius 2 is 2.04 bits per heavy atom. The number of hydrogen-bond donors (Lipinski definition) is 0. The third kappa shape index (κ3) is 5.17. The van der Waals surface area contributed by atoms with E-state index < -0.39 is 4.92 Å². The van der Waals surface area contributed by atoms with Gasteiger partial charge in [-0.15, -0.1) is 6.58 Å². The molecule has 0 amide bonds. The van der Waals surface area contributed by atoms with E-state index in [0.717, 1.165) is 0 Å². The van der Waals surface area contributed by atoms with Crippen molar-refractivity contribution in [2.24, 2.45) is 0 Å². The Labute approximate surface area is 140 Å². The summed E-state index contributed by atoms with van der Waals surface area (Å²) in [7, 11) is 0. The Kier molecular flexibility index (Phi) is 6.45. The average Bonchev–Trinajstić information content (AvgIpc) is 2.57. The van der Waals surface area contributed by atoms with Gasteiger partial charge >= 0.3 is 0 Å². The van der Waals surface area contributed by atoms with Gasteiger partial charge in [-0.3, -0.25) is 15.0 Å². The number of nitro groups is 1. The molecule has 5 nitrogen and oxygen atoms in total. The van der Waals surface area contributed by atoms with Gasteiger partial charge in [0, 0.05) is 31.3 Å². The molecule has 0 aliphatic heterocycles. The van der Waals surface area contributed by atoms with Crippen LogP contribution in [0, 0.1) is 15.9 Å². The van der Waals surface area contributed by atoms with Gasteiger partial charge in [-0.25, -0.2) is 4.39 Å². The predicted octanol–water partition coefficient (Wildman–Crippen LogP) is 3.80. The van der Waals surface area contributed by atoms with Gasteiger partial charge < -0.3 is 4.74 Å². The van der Waals surface area contributed by atoms with Crippen molar-refractivity contribution in [2.45, 2.75) is 6.54 Å². The minimum absolute atomic E-state index is 0.0122. The average molecular weight is 330 g/mol. The van der Waals surface area contributed by atoms with Gasteiger partial charge in [0.05, 0.1) is 11.0 Å². The second kappa shape index (κ2) is 8.79. The highest BCUT2D eigenvalue weighted by Crippen LogP contribution is 2.19. The lowest BCUT2D eigenvalue weighted by Crippen LogP contribution is -2.28. The molecule has 0 saturated heterocycles. The Hall–Kier alpha value is -2.73. The number of benzene rings is 2. The first-order chi connectivity index (χ1) is 11.6. The summed E-state index contributed by atoms with van der Waals surface area (Å²) in [6.45, 7) is 5.62. The molecule has 0 aliphatic carbocycles. The fraction of sp³-hybridized carbons (Fsp3) is 0.222. The van der Waals surface area contributed by atoms with Crippen LogP contribution in [-0.2, 0) is 6.54 Å². The molecule has 2 aromatic carbocycles. The van der Waals surface area contributed by atoms with Crippen LogP contribution in [0.2, 0.25) is 0 Å². The van der Waals surface area contributed by atoms with Gasteiger partial charge in [0.2, 0.25) is 0 Å². The molecule has 24 heavy (non-hydrogen) atoms. The van der Waals surface area contributed by atoms with E-state index in [1.165, 1.54) is 18.2 Å². The molecule has 0 aromatic heterocycles. The normalized spacial score (nSPS) is 10.6. The molecule has 0 N–H and O–H groups in total. The standard InChI is InChI=1S/C18H19FN2O3/c1-2-10-20(14-15-6-3-4-9-18(15)19)11-12-24-17-8-5-7-16(13-17)21(22)23/h2-9,13H,1,10-12,14H2. The summed E-state index contributed by atoms with van der Waals surface area (Å²) in [6.07, 6.45) is 1.74. The lowest BCUT2D eigenvalue weighted by Gasteiger charge is -2.21. The number of rotatable bonds is 9. The molecular weight excluding hydrogens is 311 g/mol. The van der Waals surface area contributed by atoms with Crippen LogP contribution < -0.4 is 4.74 Å². The summed E-state index contributed by atoms with van der Waals surface area (Å²) in [5.74, 6) is 0.194. The number of non-ortho nitro benzene ring substituents is 1. The van der Waals surface area contributed by atoms with Crippen LogP contribution in [0.15, 0.2) is 61.2 Å². The number of nitrogens with zero attached hydrogens (tertiary/aromatic N) is 2. The zero-order valence-corrected chi connectivity index (χ0v) is 13.2. The molecule has 0 fully saturated rings. The van der Waals surface area contributed by atoms with Crippen LogP contribution in [0.4, 0.5) is 10.1 Å². The molecule has 0 spiro atoms. The van der Waals surface area contributed by atoms with Gasteiger partial charge in [-0.1, -0.05) is 30.3 Å². The number of ether oxygens (including phenoxy) is 1. The van der Waals surface area contributed by atoms with Crippen LogP contribution in [0.3, 0.4) is 0 Å². The fourth-order valence-corrected chi connectivity index (χ4v) is 2.26. The second-order valence-electron chi connectivity index (χ2n) is 5.22. The van der Waals surface area contributed by atoms with Crippen LogP contribution >= 0.6 is 0 Å². The fourth-order valence-electron chi connectivity index (χ4n) is 2.26. The van der Waals surface area contributed by atoms with Gasteiger partial charge in [-0.05, 0) is 12.1 Å². The molecule has 0 unspecified atom stereocenters. The zero-order valence-electron chi connectivity index (χ0n) is 13.2. The van der Waals surface area contributed by atoms with Crippen molar-refractivity contribution in [1.29, 1.82) is 0 Å². The van der Waals surface area contributed by atoms with Crippen molar-refractivity contribution in [3.05, 3.63) is 82.7 Å². The summed E-state index contributed by atoms with van der Waals surface area (Å²) in [6, 6.07) is 12.7. The quantitative estimate of drug-likeness (QED) is 0.399. The third-order valence-corrected chi connectivity index (χ3v) is 3.44. The van der Waals surface area contributed by atoms with E-state index in [1.807, 2.05) is 4.90 Å². The highest BCUT2D eigenvalue weighted by Gasteiger charge is 2.09. The molecule has 6 heteroatoms.